The summed E-state index contributed by atoms with van der Waals surface area (Å²) < 4.78 is 0. The highest BCUT2D eigenvalue weighted by Crippen LogP contribution is 2.26. The Morgan fingerprint density at radius 1 is 1.19 bits per heavy atom. The van der Waals surface area contributed by atoms with E-state index in [0.29, 0.717) is 16.6 Å². The maximum atomic E-state index is 12.7. The van der Waals surface area contributed by atoms with Gasteiger partial charge in [0.05, 0.1) is 10.6 Å². The molecule has 1 saturated heterocycles. The van der Waals surface area contributed by atoms with Crippen LogP contribution in [0.3, 0.4) is 0 Å². The molecule has 0 saturated carbocycles. The van der Waals surface area contributed by atoms with Gasteiger partial charge in [0.15, 0.2) is 0 Å². The van der Waals surface area contributed by atoms with Gasteiger partial charge in [-0.1, -0.05) is 29.8 Å². The number of anilines is 2. The Morgan fingerprint density at radius 3 is 2.58 bits per heavy atom. The van der Waals surface area contributed by atoms with E-state index in [1.54, 1.807) is 6.07 Å². The third kappa shape index (κ3) is 4.19. The third-order valence-corrected chi connectivity index (χ3v) is 5.51. The first kappa shape index (κ1) is 18.7. The van der Waals surface area contributed by atoms with Crippen LogP contribution in [0.15, 0.2) is 42.5 Å². The number of carbonyl (C=O) groups is 1. The molecule has 2 aromatic carbocycles. The van der Waals surface area contributed by atoms with E-state index in [-0.39, 0.29) is 5.91 Å². The Labute approximate surface area is 160 Å². The SMILES string of the molecule is Cc1cccc(Cl)c1C(=O)Nc1cccc(N(C)C2CCN(C)CC2)c1. The zero-order valence-corrected chi connectivity index (χ0v) is 16.4. The standard InChI is InChI=1S/C21H26ClN3O/c1-15-6-4-9-19(22)20(15)21(26)23-16-7-5-8-18(14-16)25(3)17-10-12-24(2)13-11-17/h4-9,14,17H,10-13H2,1-3H3,(H,23,26). The van der Waals surface area contributed by atoms with Crippen LogP contribution in [-0.2, 0) is 0 Å². The number of benzene rings is 2. The molecule has 0 spiro atoms. The summed E-state index contributed by atoms with van der Waals surface area (Å²) in [7, 11) is 4.30. The van der Waals surface area contributed by atoms with E-state index in [1.807, 2.05) is 37.3 Å². The van der Waals surface area contributed by atoms with Gasteiger partial charge < -0.3 is 15.1 Å². The van der Waals surface area contributed by atoms with E-state index in [1.165, 1.54) is 0 Å². The molecule has 1 aliphatic heterocycles. The lowest BCUT2D eigenvalue weighted by Crippen LogP contribution is -2.42. The molecule has 0 aliphatic carbocycles. The third-order valence-electron chi connectivity index (χ3n) is 5.20. The topological polar surface area (TPSA) is 35.6 Å². The number of nitrogens with zero attached hydrogens (tertiary/aromatic N) is 2. The molecule has 0 radical (unpaired) electrons. The Morgan fingerprint density at radius 2 is 1.88 bits per heavy atom. The minimum atomic E-state index is -0.174. The van der Waals surface area contributed by atoms with Crippen molar-refractivity contribution in [3.63, 3.8) is 0 Å². The van der Waals surface area contributed by atoms with Gasteiger partial charge in [0.25, 0.3) is 5.91 Å². The quantitative estimate of drug-likeness (QED) is 0.863. The average molecular weight is 372 g/mol. The number of amides is 1. The normalized spacial score (nSPS) is 15.7. The first-order chi connectivity index (χ1) is 12.5. The van der Waals surface area contributed by atoms with E-state index < -0.39 is 0 Å². The largest absolute Gasteiger partial charge is 0.371 e. The predicted octanol–water partition coefficient (Wildman–Crippen LogP) is 4.43. The molecule has 4 nitrogen and oxygen atoms in total. The summed E-state index contributed by atoms with van der Waals surface area (Å²) in [4.78, 5) is 17.4. The molecule has 0 aromatic heterocycles. The first-order valence-electron chi connectivity index (χ1n) is 9.03. The first-order valence-corrected chi connectivity index (χ1v) is 9.41. The zero-order chi connectivity index (χ0) is 18.7. The molecule has 2 aromatic rings. The van der Waals surface area contributed by atoms with Gasteiger partial charge in [-0.05, 0) is 69.7 Å². The predicted molar refractivity (Wildman–Crippen MR) is 110 cm³/mol. The van der Waals surface area contributed by atoms with Gasteiger partial charge in [0.2, 0.25) is 0 Å². The molecule has 1 fully saturated rings. The number of piperidine rings is 1. The number of halogens is 1. The molecule has 138 valence electrons. The summed E-state index contributed by atoms with van der Waals surface area (Å²) in [5.74, 6) is -0.174. The lowest BCUT2D eigenvalue weighted by molar-refractivity contribution is 0.102. The van der Waals surface area contributed by atoms with Crippen LogP contribution < -0.4 is 10.2 Å². The van der Waals surface area contributed by atoms with Crippen molar-refractivity contribution in [3.8, 4) is 0 Å². The zero-order valence-electron chi connectivity index (χ0n) is 15.6. The molecule has 0 unspecified atom stereocenters. The smallest absolute Gasteiger partial charge is 0.257 e. The van der Waals surface area contributed by atoms with Crippen molar-refractivity contribution in [1.29, 1.82) is 0 Å². The molecular weight excluding hydrogens is 346 g/mol. The van der Waals surface area contributed by atoms with Crippen molar-refractivity contribution >= 4 is 28.9 Å². The van der Waals surface area contributed by atoms with Crippen LogP contribution >= 0.6 is 11.6 Å². The second-order valence-electron chi connectivity index (χ2n) is 7.08. The van der Waals surface area contributed by atoms with Gasteiger partial charge in [-0.25, -0.2) is 0 Å². The van der Waals surface area contributed by atoms with Gasteiger partial charge in [-0.3, -0.25) is 4.79 Å². The number of rotatable bonds is 4. The lowest BCUT2D eigenvalue weighted by atomic mass is 10.0. The van der Waals surface area contributed by atoms with Crippen molar-refractivity contribution in [2.75, 3.05) is 37.4 Å². The van der Waals surface area contributed by atoms with Crippen LogP contribution in [-0.4, -0.2) is 44.0 Å². The van der Waals surface area contributed by atoms with E-state index in [9.17, 15) is 4.79 Å². The van der Waals surface area contributed by atoms with Crippen LogP contribution in [0.5, 0.6) is 0 Å². The number of nitrogens with one attached hydrogen (secondary N) is 1. The second kappa shape index (κ2) is 8.11. The average Bonchev–Trinajstić information content (AvgIpc) is 2.62. The van der Waals surface area contributed by atoms with E-state index in [4.69, 9.17) is 11.6 Å². The van der Waals surface area contributed by atoms with Gasteiger partial charge in [-0.15, -0.1) is 0 Å². The fourth-order valence-electron chi connectivity index (χ4n) is 3.51. The van der Waals surface area contributed by atoms with E-state index in [0.717, 1.165) is 42.9 Å². The fraction of sp³-hybridized carbons (Fsp3) is 0.381. The van der Waals surface area contributed by atoms with Crippen LogP contribution in [0.2, 0.25) is 5.02 Å². The number of likely N-dealkylation sites (tertiary alicyclic amines) is 1. The Balaban J connectivity index is 1.74. The van der Waals surface area contributed by atoms with Crippen molar-refractivity contribution in [3.05, 3.63) is 58.6 Å². The highest BCUT2D eigenvalue weighted by Gasteiger charge is 2.21. The summed E-state index contributed by atoms with van der Waals surface area (Å²) in [6.07, 6.45) is 2.31. The molecule has 1 amide bonds. The van der Waals surface area contributed by atoms with Crippen LogP contribution in [0.25, 0.3) is 0 Å². The molecule has 1 heterocycles. The molecule has 0 atom stereocenters. The lowest BCUT2D eigenvalue weighted by Gasteiger charge is -2.36. The number of hydrogen-bond donors (Lipinski definition) is 1. The highest BCUT2D eigenvalue weighted by atomic mass is 35.5. The molecule has 1 N–H and O–H groups in total. The maximum Gasteiger partial charge on any atom is 0.257 e. The van der Waals surface area contributed by atoms with Crippen molar-refractivity contribution in [1.82, 2.24) is 4.90 Å². The number of aryl methyl sites for hydroxylation is 1. The minimum Gasteiger partial charge on any atom is -0.371 e. The summed E-state index contributed by atoms with van der Waals surface area (Å²) in [5.41, 5.74) is 3.30. The summed E-state index contributed by atoms with van der Waals surface area (Å²) in [6, 6.07) is 14.0. The highest BCUT2D eigenvalue weighted by molar-refractivity contribution is 6.34. The van der Waals surface area contributed by atoms with E-state index >= 15 is 0 Å². The molecule has 3 rings (SSSR count). The Bertz CT molecular complexity index is 764. The van der Waals surface area contributed by atoms with Crippen molar-refractivity contribution in [2.45, 2.75) is 25.8 Å². The minimum absolute atomic E-state index is 0.174. The molecule has 0 bridgehead atoms. The van der Waals surface area contributed by atoms with Crippen LogP contribution in [0, 0.1) is 6.92 Å². The van der Waals surface area contributed by atoms with Crippen LogP contribution in [0.4, 0.5) is 11.4 Å². The molecular formula is C21H26ClN3O. The van der Waals surface area contributed by atoms with Gasteiger partial charge >= 0.3 is 0 Å². The molecule has 5 heteroatoms. The summed E-state index contributed by atoms with van der Waals surface area (Å²) in [5, 5.41) is 3.46. The maximum absolute atomic E-state index is 12.7. The Hall–Kier alpha value is -2.04. The molecule has 1 aliphatic rings. The number of carbonyl (C=O) groups excluding carboxylic acids is 1. The van der Waals surface area contributed by atoms with Gasteiger partial charge in [0.1, 0.15) is 0 Å². The second-order valence-corrected chi connectivity index (χ2v) is 7.49. The number of hydrogen-bond acceptors (Lipinski definition) is 3. The Kier molecular flexibility index (Phi) is 5.84. The van der Waals surface area contributed by atoms with Crippen molar-refractivity contribution in [2.24, 2.45) is 0 Å². The monoisotopic (exact) mass is 371 g/mol. The fourth-order valence-corrected chi connectivity index (χ4v) is 3.82. The summed E-state index contributed by atoms with van der Waals surface area (Å²) >= 11 is 6.21. The van der Waals surface area contributed by atoms with E-state index in [2.05, 4.69) is 35.3 Å². The van der Waals surface area contributed by atoms with Gasteiger partial charge in [0, 0.05) is 24.5 Å². The van der Waals surface area contributed by atoms with Gasteiger partial charge in [-0.2, -0.15) is 0 Å². The summed E-state index contributed by atoms with van der Waals surface area (Å²) in [6.45, 7) is 4.14. The molecule has 26 heavy (non-hydrogen) atoms. The van der Waals surface area contributed by atoms with Crippen LogP contribution in [0.1, 0.15) is 28.8 Å². The van der Waals surface area contributed by atoms with Crippen molar-refractivity contribution < 1.29 is 4.79 Å².